The first-order valence-corrected chi connectivity index (χ1v) is 7.75. The van der Waals surface area contributed by atoms with Gasteiger partial charge in [0.2, 0.25) is 0 Å². The maximum absolute atomic E-state index is 9.96. The monoisotopic (exact) mass is 327 g/mol. The van der Waals surface area contributed by atoms with Gasteiger partial charge in [0.05, 0.1) is 19.3 Å². The Morgan fingerprint density at radius 1 is 1.38 bits per heavy atom. The molecule has 0 aliphatic carbocycles. The van der Waals surface area contributed by atoms with E-state index in [1.807, 2.05) is 42.3 Å². The highest BCUT2D eigenvalue weighted by Gasteiger charge is 2.12. The second kappa shape index (κ2) is 8.41. The van der Waals surface area contributed by atoms with Crippen molar-refractivity contribution in [2.45, 2.75) is 19.3 Å². The van der Waals surface area contributed by atoms with E-state index in [4.69, 9.17) is 16.3 Å². The molecular formula is C14H18ClN3O2S. The van der Waals surface area contributed by atoms with Crippen LogP contribution in [0.15, 0.2) is 30.3 Å². The number of rotatable bonds is 8. The number of aliphatic hydroxyl groups excluding tert-OH is 1. The Labute approximate surface area is 133 Å². The standard InChI is InChI=1S/C14H18ClN3O2S/c1-18(8-13-14(15)21-17-16-13)7-12(19)10-20-9-11-5-3-2-4-6-11/h2-6,12,19H,7-10H2,1H3/t12-/m0/s1. The number of halogens is 1. The molecule has 0 fully saturated rings. The van der Waals surface area contributed by atoms with Gasteiger partial charge in [0, 0.05) is 24.6 Å². The van der Waals surface area contributed by atoms with Crippen LogP contribution in [0.2, 0.25) is 4.34 Å². The minimum absolute atomic E-state index is 0.294. The van der Waals surface area contributed by atoms with Gasteiger partial charge in [-0.1, -0.05) is 46.4 Å². The van der Waals surface area contributed by atoms with Crippen molar-refractivity contribution in [3.05, 3.63) is 45.9 Å². The van der Waals surface area contributed by atoms with Crippen LogP contribution < -0.4 is 0 Å². The first-order chi connectivity index (χ1) is 10.1. The van der Waals surface area contributed by atoms with Gasteiger partial charge in [-0.15, -0.1) is 5.10 Å². The zero-order chi connectivity index (χ0) is 15.1. The molecule has 0 spiro atoms. The van der Waals surface area contributed by atoms with E-state index in [0.29, 0.717) is 30.6 Å². The summed E-state index contributed by atoms with van der Waals surface area (Å²) < 4.78 is 9.89. The molecule has 0 saturated heterocycles. The summed E-state index contributed by atoms with van der Waals surface area (Å²) in [5.74, 6) is 0. The Bertz CT molecular complexity index is 538. The van der Waals surface area contributed by atoms with Crippen LogP contribution in [-0.2, 0) is 17.9 Å². The maximum atomic E-state index is 9.96. The molecule has 2 aromatic rings. The maximum Gasteiger partial charge on any atom is 0.138 e. The van der Waals surface area contributed by atoms with Gasteiger partial charge in [-0.3, -0.25) is 4.90 Å². The van der Waals surface area contributed by atoms with Crippen LogP contribution in [0, 0.1) is 0 Å². The molecule has 1 aromatic carbocycles. The van der Waals surface area contributed by atoms with Gasteiger partial charge >= 0.3 is 0 Å². The molecule has 5 nitrogen and oxygen atoms in total. The fourth-order valence-electron chi connectivity index (χ4n) is 1.91. The van der Waals surface area contributed by atoms with Crippen LogP contribution in [0.25, 0.3) is 0 Å². The lowest BCUT2D eigenvalue weighted by atomic mass is 10.2. The molecule has 0 aliphatic heterocycles. The number of hydrogen-bond acceptors (Lipinski definition) is 6. The van der Waals surface area contributed by atoms with Gasteiger partial charge in [0.1, 0.15) is 10.0 Å². The normalized spacial score (nSPS) is 12.8. The van der Waals surface area contributed by atoms with Crippen molar-refractivity contribution in [3.8, 4) is 0 Å². The van der Waals surface area contributed by atoms with E-state index in [1.54, 1.807) is 0 Å². The lowest BCUT2D eigenvalue weighted by Crippen LogP contribution is -2.32. The number of aliphatic hydroxyl groups is 1. The van der Waals surface area contributed by atoms with E-state index < -0.39 is 6.10 Å². The van der Waals surface area contributed by atoms with Crippen LogP contribution in [0.5, 0.6) is 0 Å². The van der Waals surface area contributed by atoms with Crippen molar-refractivity contribution in [2.75, 3.05) is 20.2 Å². The third-order valence-electron chi connectivity index (χ3n) is 2.87. The quantitative estimate of drug-likeness (QED) is 0.805. The number of hydrogen-bond donors (Lipinski definition) is 1. The molecule has 1 heterocycles. The van der Waals surface area contributed by atoms with Gasteiger partial charge in [-0.25, -0.2) is 0 Å². The summed E-state index contributed by atoms with van der Waals surface area (Å²) in [5.41, 5.74) is 1.83. The molecule has 0 amide bonds. The van der Waals surface area contributed by atoms with Crippen LogP contribution in [0.4, 0.5) is 0 Å². The fourth-order valence-corrected chi connectivity index (χ4v) is 2.52. The molecule has 2 rings (SSSR count). The second-order valence-electron chi connectivity index (χ2n) is 4.84. The van der Waals surface area contributed by atoms with Crippen molar-refractivity contribution in [1.29, 1.82) is 0 Å². The zero-order valence-corrected chi connectivity index (χ0v) is 13.3. The molecule has 7 heteroatoms. The Hall–Kier alpha value is -1.05. The highest BCUT2D eigenvalue weighted by molar-refractivity contribution is 7.10. The Balaban J connectivity index is 1.67. The largest absolute Gasteiger partial charge is 0.389 e. The molecule has 1 atom stereocenters. The molecule has 0 saturated carbocycles. The second-order valence-corrected chi connectivity index (χ2v) is 6.20. The van der Waals surface area contributed by atoms with E-state index in [-0.39, 0.29) is 0 Å². The number of benzene rings is 1. The smallest absolute Gasteiger partial charge is 0.138 e. The highest BCUT2D eigenvalue weighted by atomic mass is 35.5. The molecule has 1 aromatic heterocycles. The Morgan fingerprint density at radius 2 is 2.14 bits per heavy atom. The number of aromatic nitrogens is 2. The van der Waals surface area contributed by atoms with Crippen LogP contribution in [0.1, 0.15) is 11.3 Å². The first kappa shape index (κ1) is 16.3. The number of ether oxygens (including phenoxy) is 1. The van der Waals surface area contributed by atoms with Crippen molar-refractivity contribution in [1.82, 2.24) is 14.5 Å². The van der Waals surface area contributed by atoms with E-state index in [2.05, 4.69) is 9.59 Å². The molecule has 0 bridgehead atoms. The van der Waals surface area contributed by atoms with Crippen molar-refractivity contribution in [2.24, 2.45) is 0 Å². The van der Waals surface area contributed by atoms with Crippen molar-refractivity contribution >= 4 is 23.1 Å². The third kappa shape index (κ3) is 5.68. The van der Waals surface area contributed by atoms with E-state index in [9.17, 15) is 5.11 Å². The minimum Gasteiger partial charge on any atom is -0.389 e. The third-order valence-corrected chi connectivity index (χ3v) is 3.86. The molecule has 114 valence electrons. The van der Waals surface area contributed by atoms with Gasteiger partial charge in [-0.2, -0.15) is 0 Å². The van der Waals surface area contributed by atoms with Crippen LogP contribution in [-0.4, -0.2) is 45.9 Å². The predicted octanol–water partition coefficient (Wildman–Crippen LogP) is 2.20. The van der Waals surface area contributed by atoms with Crippen molar-refractivity contribution < 1.29 is 9.84 Å². The highest BCUT2D eigenvalue weighted by Crippen LogP contribution is 2.18. The summed E-state index contributed by atoms with van der Waals surface area (Å²) in [6.45, 7) is 1.85. The SMILES string of the molecule is CN(Cc1nnsc1Cl)C[C@H](O)COCc1ccccc1. The topological polar surface area (TPSA) is 58.5 Å². The zero-order valence-electron chi connectivity index (χ0n) is 11.8. The molecule has 0 radical (unpaired) electrons. The number of likely N-dealkylation sites (N-methyl/N-ethyl adjacent to an activating group) is 1. The van der Waals surface area contributed by atoms with E-state index in [0.717, 1.165) is 11.3 Å². The average Bonchev–Trinajstić information content (AvgIpc) is 2.85. The summed E-state index contributed by atoms with van der Waals surface area (Å²) in [7, 11) is 1.90. The minimum atomic E-state index is -0.552. The first-order valence-electron chi connectivity index (χ1n) is 6.60. The van der Waals surface area contributed by atoms with Gasteiger partial charge in [-0.05, 0) is 12.6 Å². The molecule has 21 heavy (non-hydrogen) atoms. The summed E-state index contributed by atoms with van der Waals surface area (Å²) in [4.78, 5) is 1.94. The summed E-state index contributed by atoms with van der Waals surface area (Å²) in [6.07, 6.45) is -0.552. The lowest BCUT2D eigenvalue weighted by molar-refractivity contribution is 0.0126. The van der Waals surface area contributed by atoms with Crippen LogP contribution in [0.3, 0.4) is 0 Å². The van der Waals surface area contributed by atoms with Crippen molar-refractivity contribution in [3.63, 3.8) is 0 Å². The van der Waals surface area contributed by atoms with E-state index >= 15 is 0 Å². The summed E-state index contributed by atoms with van der Waals surface area (Å²) >= 11 is 7.12. The number of nitrogens with zero attached hydrogens (tertiary/aromatic N) is 3. The Kier molecular flexibility index (Phi) is 6.53. The summed E-state index contributed by atoms with van der Waals surface area (Å²) in [5, 5.41) is 13.9. The molecule has 1 N–H and O–H groups in total. The van der Waals surface area contributed by atoms with Gasteiger partial charge < -0.3 is 9.84 Å². The van der Waals surface area contributed by atoms with Crippen LogP contribution >= 0.6 is 23.1 Å². The molecule has 0 aliphatic rings. The molecular weight excluding hydrogens is 310 g/mol. The average molecular weight is 328 g/mol. The van der Waals surface area contributed by atoms with E-state index in [1.165, 1.54) is 11.5 Å². The van der Waals surface area contributed by atoms with Gasteiger partial charge in [0.25, 0.3) is 0 Å². The fraction of sp³-hybridized carbons (Fsp3) is 0.429. The Morgan fingerprint density at radius 3 is 2.81 bits per heavy atom. The predicted molar refractivity (Wildman–Crippen MR) is 83.4 cm³/mol. The lowest BCUT2D eigenvalue weighted by Gasteiger charge is -2.19. The summed E-state index contributed by atoms with van der Waals surface area (Å²) in [6, 6.07) is 9.89. The van der Waals surface area contributed by atoms with Gasteiger partial charge in [0.15, 0.2) is 0 Å². The molecule has 0 unspecified atom stereocenters.